The minimum atomic E-state index is -0.420. The number of rotatable bonds is 5. The van der Waals surface area contributed by atoms with Gasteiger partial charge in [0.2, 0.25) is 0 Å². The van der Waals surface area contributed by atoms with Crippen LogP contribution in [0.5, 0.6) is 0 Å². The number of pyridine rings is 1. The molecule has 6 heteroatoms. The molecule has 0 radical (unpaired) electrons. The maximum atomic E-state index is 11.0. The first kappa shape index (κ1) is 13.2. The molecular weight excluding hydrogens is 246 g/mol. The lowest BCUT2D eigenvalue weighted by Crippen LogP contribution is -2.22. The molecule has 0 aliphatic rings. The minimum Gasteiger partial charge on any atom is -0.394 e. The van der Waals surface area contributed by atoms with Crippen LogP contribution in [0.1, 0.15) is 13.3 Å². The van der Waals surface area contributed by atoms with Crippen LogP contribution in [-0.2, 0) is 0 Å². The van der Waals surface area contributed by atoms with Gasteiger partial charge in [0.25, 0.3) is 5.69 Å². The molecule has 0 aliphatic carbocycles. The van der Waals surface area contributed by atoms with Gasteiger partial charge in [0, 0.05) is 18.3 Å². The first-order valence-corrected chi connectivity index (χ1v) is 6.07. The van der Waals surface area contributed by atoms with Crippen LogP contribution in [0.4, 0.5) is 11.4 Å². The average Bonchev–Trinajstić information content (AvgIpc) is 2.44. The first-order valence-electron chi connectivity index (χ1n) is 6.07. The molecule has 1 aromatic heterocycles. The van der Waals surface area contributed by atoms with E-state index in [4.69, 9.17) is 0 Å². The Labute approximate surface area is 110 Å². The van der Waals surface area contributed by atoms with E-state index in [1.807, 2.05) is 6.92 Å². The molecule has 6 nitrogen and oxygen atoms in total. The van der Waals surface area contributed by atoms with Gasteiger partial charge in [-0.3, -0.25) is 15.1 Å². The maximum Gasteiger partial charge on any atom is 0.278 e. The van der Waals surface area contributed by atoms with Crippen molar-refractivity contribution in [3.8, 4) is 0 Å². The van der Waals surface area contributed by atoms with Crippen molar-refractivity contribution >= 4 is 22.3 Å². The number of aliphatic hydroxyl groups excluding tert-OH is 1. The molecule has 0 saturated heterocycles. The monoisotopic (exact) mass is 261 g/mol. The topological polar surface area (TPSA) is 88.3 Å². The van der Waals surface area contributed by atoms with Gasteiger partial charge in [-0.2, -0.15) is 0 Å². The van der Waals surface area contributed by atoms with E-state index in [1.54, 1.807) is 24.4 Å². The SMILES string of the molecule is CC[C@H](CO)Nc1ccc([N+](=O)[O-])c2cccnc12. The molecule has 2 aromatic rings. The average molecular weight is 261 g/mol. The van der Waals surface area contributed by atoms with E-state index in [2.05, 4.69) is 10.3 Å². The predicted molar refractivity (Wildman–Crippen MR) is 73.2 cm³/mol. The summed E-state index contributed by atoms with van der Waals surface area (Å²) in [6, 6.07) is 6.34. The standard InChI is InChI=1S/C13H15N3O3/c1-2-9(8-17)15-11-5-6-12(16(18)19)10-4-3-7-14-13(10)11/h3-7,9,15,17H,2,8H2,1H3/t9-/m1/s1. The number of nitro benzene ring substituents is 1. The van der Waals surface area contributed by atoms with Crippen molar-refractivity contribution in [2.45, 2.75) is 19.4 Å². The number of aromatic nitrogens is 1. The molecule has 0 amide bonds. The van der Waals surface area contributed by atoms with Gasteiger partial charge in [-0.25, -0.2) is 0 Å². The largest absolute Gasteiger partial charge is 0.394 e. The van der Waals surface area contributed by atoms with Crippen molar-refractivity contribution < 1.29 is 10.0 Å². The Hall–Kier alpha value is -2.21. The molecule has 2 rings (SSSR count). The summed E-state index contributed by atoms with van der Waals surface area (Å²) >= 11 is 0. The summed E-state index contributed by atoms with van der Waals surface area (Å²) in [6.07, 6.45) is 2.35. The molecule has 1 aromatic carbocycles. The van der Waals surface area contributed by atoms with Crippen molar-refractivity contribution in [2.24, 2.45) is 0 Å². The molecule has 1 atom stereocenters. The number of nitro groups is 1. The number of benzene rings is 1. The summed E-state index contributed by atoms with van der Waals surface area (Å²) in [5.74, 6) is 0. The second-order valence-corrected chi connectivity index (χ2v) is 4.22. The van der Waals surface area contributed by atoms with Gasteiger partial charge < -0.3 is 10.4 Å². The van der Waals surface area contributed by atoms with E-state index in [1.165, 1.54) is 6.07 Å². The summed E-state index contributed by atoms with van der Waals surface area (Å²) in [5.41, 5.74) is 1.27. The molecule has 100 valence electrons. The van der Waals surface area contributed by atoms with Crippen LogP contribution in [0.25, 0.3) is 10.9 Å². The quantitative estimate of drug-likeness (QED) is 0.637. The summed E-state index contributed by atoms with van der Waals surface area (Å²) in [7, 11) is 0. The Kier molecular flexibility index (Phi) is 3.91. The van der Waals surface area contributed by atoms with Crippen LogP contribution in [0, 0.1) is 10.1 Å². The van der Waals surface area contributed by atoms with Crippen LogP contribution in [-0.4, -0.2) is 27.7 Å². The Morgan fingerprint density at radius 2 is 2.26 bits per heavy atom. The number of fused-ring (bicyclic) bond motifs is 1. The molecule has 0 unspecified atom stereocenters. The lowest BCUT2D eigenvalue weighted by molar-refractivity contribution is -0.383. The normalized spacial score (nSPS) is 12.3. The summed E-state index contributed by atoms with van der Waals surface area (Å²) in [5, 5.41) is 23.8. The lowest BCUT2D eigenvalue weighted by Gasteiger charge is -2.16. The fourth-order valence-electron chi connectivity index (χ4n) is 1.93. The van der Waals surface area contributed by atoms with Crippen molar-refractivity contribution in [2.75, 3.05) is 11.9 Å². The third kappa shape index (κ3) is 2.63. The predicted octanol–water partition coefficient (Wildman–Crippen LogP) is 2.33. The van der Waals surface area contributed by atoms with Gasteiger partial charge in [0.15, 0.2) is 0 Å². The van der Waals surface area contributed by atoms with Gasteiger partial charge in [-0.05, 0) is 24.6 Å². The molecule has 0 bridgehead atoms. The molecule has 1 heterocycles. The van der Waals surface area contributed by atoms with Gasteiger partial charge >= 0.3 is 0 Å². The second kappa shape index (κ2) is 5.62. The van der Waals surface area contributed by atoms with Crippen LogP contribution >= 0.6 is 0 Å². The Bertz CT molecular complexity index is 597. The smallest absolute Gasteiger partial charge is 0.278 e. The minimum absolute atomic E-state index is 0.00180. The van der Waals surface area contributed by atoms with Crippen molar-refractivity contribution in [1.82, 2.24) is 4.98 Å². The van der Waals surface area contributed by atoms with Crippen LogP contribution in [0.2, 0.25) is 0 Å². The molecule has 0 saturated carbocycles. The van der Waals surface area contributed by atoms with Crippen molar-refractivity contribution in [3.05, 3.63) is 40.6 Å². The van der Waals surface area contributed by atoms with Gasteiger partial charge in [-0.1, -0.05) is 6.92 Å². The number of hydrogen-bond donors (Lipinski definition) is 2. The second-order valence-electron chi connectivity index (χ2n) is 4.22. The zero-order chi connectivity index (χ0) is 13.8. The fourth-order valence-corrected chi connectivity index (χ4v) is 1.93. The highest BCUT2D eigenvalue weighted by molar-refractivity contribution is 5.96. The van der Waals surface area contributed by atoms with E-state index in [0.717, 1.165) is 6.42 Å². The third-order valence-corrected chi connectivity index (χ3v) is 3.02. The Balaban J connectivity index is 2.52. The zero-order valence-corrected chi connectivity index (χ0v) is 10.5. The zero-order valence-electron chi connectivity index (χ0n) is 10.5. The number of nitrogens with zero attached hydrogens (tertiary/aromatic N) is 2. The van der Waals surface area contributed by atoms with E-state index in [9.17, 15) is 15.2 Å². The van der Waals surface area contributed by atoms with Gasteiger partial charge in [-0.15, -0.1) is 0 Å². The van der Waals surface area contributed by atoms with Gasteiger partial charge in [0.1, 0.15) is 5.52 Å². The number of nitrogens with one attached hydrogen (secondary N) is 1. The molecule has 0 fully saturated rings. The highest BCUT2D eigenvalue weighted by Gasteiger charge is 2.16. The Morgan fingerprint density at radius 3 is 2.89 bits per heavy atom. The summed E-state index contributed by atoms with van der Waals surface area (Å²) in [4.78, 5) is 14.8. The first-order chi connectivity index (χ1) is 9.17. The number of hydrogen-bond acceptors (Lipinski definition) is 5. The molecule has 19 heavy (non-hydrogen) atoms. The number of non-ortho nitro benzene ring substituents is 1. The van der Waals surface area contributed by atoms with Crippen molar-refractivity contribution in [3.63, 3.8) is 0 Å². The molecular formula is C13H15N3O3. The fraction of sp³-hybridized carbons (Fsp3) is 0.308. The highest BCUT2D eigenvalue weighted by atomic mass is 16.6. The van der Waals surface area contributed by atoms with Gasteiger partial charge in [0.05, 0.1) is 22.6 Å². The highest BCUT2D eigenvalue weighted by Crippen LogP contribution is 2.30. The van der Waals surface area contributed by atoms with Crippen LogP contribution < -0.4 is 5.32 Å². The molecule has 0 spiro atoms. The van der Waals surface area contributed by atoms with E-state index in [0.29, 0.717) is 16.6 Å². The molecule has 0 aliphatic heterocycles. The lowest BCUT2D eigenvalue weighted by atomic mass is 10.1. The van der Waals surface area contributed by atoms with Crippen LogP contribution in [0.3, 0.4) is 0 Å². The van der Waals surface area contributed by atoms with Crippen LogP contribution in [0.15, 0.2) is 30.5 Å². The van der Waals surface area contributed by atoms with E-state index >= 15 is 0 Å². The van der Waals surface area contributed by atoms with Crippen molar-refractivity contribution in [1.29, 1.82) is 0 Å². The summed E-state index contributed by atoms with van der Waals surface area (Å²) < 4.78 is 0. The van der Waals surface area contributed by atoms with E-state index in [-0.39, 0.29) is 18.3 Å². The Morgan fingerprint density at radius 1 is 1.47 bits per heavy atom. The summed E-state index contributed by atoms with van der Waals surface area (Å²) in [6.45, 7) is 1.96. The maximum absolute atomic E-state index is 11.0. The molecule has 2 N–H and O–H groups in total. The number of aliphatic hydroxyl groups is 1. The van der Waals surface area contributed by atoms with E-state index < -0.39 is 4.92 Å². The third-order valence-electron chi connectivity index (χ3n) is 3.02. The number of anilines is 1.